The number of ether oxygens (including phenoxy) is 1. The van der Waals surface area contributed by atoms with Crippen LogP contribution in [-0.4, -0.2) is 17.9 Å². The zero-order valence-corrected chi connectivity index (χ0v) is 19.4. The Morgan fingerprint density at radius 3 is 2.57 bits per heavy atom. The number of esters is 1. The van der Waals surface area contributed by atoms with Crippen LogP contribution in [0.15, 0.2) is 12.2 Å². The first-order chi connectivity index (χ1) is 14.2. The topological polar surface area (TPSA) is 43.4 Å². The van der Waals surface area contributed by atoms with Crippen molar-refractivity contribution in [2.75, 3.05) is 0 Å². The van der Waals surface area contributed by atoms with E-state index in [4.69, 9.17) is 4.74 Å². The van der Waals surface area contributed by atoms with Gasteiger partial charge in [-0.3, -0.25) is 9.59 Å². The van der Waals surface area contributed by atoms with Crippen molar-refractivity contribution < 1.29 is 14.3 Å². The molecule has 1 saturated heterocycles. The average Bonchev–Trinajstić information content (AvgIpc) is 3.07. The molecule has 0 amide bonds. The van der Waals surface area contributed by atoms with Gasteiger partial charge >= 0.3 is 5.97 Å². The molecule has 166 valence electrons. The van der Waals surface area contributed by atoms with Gasteiger partial charge in [-0.1, -0.05) is 33.8 Å². The quantitative estimate of drug-likeness (QED) is 0.525. The minimum atomic E-state index is 0.0198. The minimum Gasteiger partial charge on any atom is -0.462 e. The molecule has 0 N–H and O–H groups in total. The fraction of sp³-hybridized carbons (Fsp3) is 0.852. The van der Waals surface area contributed by atoms with Crippen molar-refractivity contribution in [1.29, 1.82) is 0 Å². The summed E-state index contributed by atoms with van der Waals surface area (Å²) >= 11 is 0. The SMILES string of the molecule is C[C@@H]([C@H]1CC[C@H]2[C@@H]3CC[C@H]4CC(=O)C=C[C@]4(C)[C@H]3CC[C@]12C)[C@H]1CC[C@@H](C)C(=O)O1. The van der Waals surface area contributed by atoms with Gasteiger partial charge in [-0.05, 0) is 104 Å². The number of ketones is 1. The normalized spacial score (nSPS) is 51.5. The van der Waals surface area contributed by atoms with Gasteiger partial charge in [-0.15, -0.1) is 0 Å². The Hall–Kier alpha value is -1.12. The van der Waals surface area contributed by atoms with E-state index in [1.165, 1.54) is 38.5 Å². The van der Waals surface area contributed by atoms with Crippen LogP contribution in [0.5, 0.6) is 0 Å². The van der Waals surface area contributed by atoms with Gasteiger partial charge in [-0.25, -0.2) is 0 Å². The third-order valence-electron chi connectivity index (χ3n) is 10.9. The summed E-state index contributed by atoms with van der Waals surface area (Å²) in [5.41, 5.74) is 0.602. The monoisotopic (exact) mass is 412 g/mol. The molecule has 4 aliphatic carbocycles. The van der Waals surface area contributed by atoms with E-state index < -0.39 is 0 Å². The molecule has 0 spiro atoms. The number of allylic oxidation sites excluding steroid dienone is 2. The highest BCUT2D eigenvalue weighted by Gasteiger charge is 2.60. The number of fused-ring (bicyclic) bond motifs is 5. The van der Waals surface area contributed by atoms with E-state index in [2.05, 4.69) is 26.8 Å². The standard InChI is InChI=1S/C27H40O3/c1-16-5-10-24(30-25(16)29)17(2)21-8-9-22-20-7-6-18-15-19(28)11-13-26(18,3)23(20)12-14-27(21,22)4/h11,13,16-18,20-24H,5-10,12,14-15H2,1-4H3/t16-,17+,18+,20+,21-,22+,23+,24-,26+,27-/m1/s1. The maximum Gasteiger partial charge on any atom is 0.308 e. The van der Waals surface area contributed by atoms with Crippen LogP contribution in [-0.2, 0) is 14.3 Å². The Bertz CT molecular complexity index is 755. The van der Waals surface area contributed by atoms with Gasteiger partial charge in [0.15, 0.2) is 5.78 Å². The molecule has 30 heavy (non-hydrogen) atoms. The third kappa shape index (κ3) is 2.97. The van der Waals surface area contributed by atoms with E-state index in [9.17, 15) is 9.59 Å². The molecular formula is C27H40O3. The molecule has 0 radical (unpaired) electrons. The summed E-state index contributed by atoms with van der Waals surface area (Å²) in [4.78, 5) is 24.3. The smallest absolute Gasteiger partial charge is 0.308 e. The summed E-state index contributed by atoms with van der Waals surface area (Å²) in [6.45, 7) is 9.40. The largest absolute Gasteiger partial charge is 0.462 e. The summed E-state index contributed by atoms with van der Waals surface area (Å²) in [5.74, 6) is 4.45. The molecule has 3 saturated carbocycles. The number of cyclic esters (lactones) is 1. The average molecular weight is 413 g/mol. The highest BCUT2D eigenvalue weighted by atomic mass is 16.5. The van der Waals surface area contributed by atoms with Gasteiger partial charge in [0.2, 0.25) is 0 Å². The summed E-state index contributed by atoms with van der Waals surface area (Å²) in [7, 11) is 0. The van der Waals surface area contributed by atoms with Crippen LogP contribution in [0.25, 0.3) is 0 Å². The molecule has 3 heteroatoms. The molecule has 3 nitrogen and oxygen atoms in total. The second-order valence-corrected chi connectivity index (χ2v) is 12.1. The lowest BCUT2D eigenvalue weighted by molar-refractivity contribution is -0.166. The van der Waals surface area contributed by atoms with Crippen LogP contribution in [0.2, 0.25) is 0 Å². The summed E-state index contributed by atoms with van der Waals surface area (Å²) in [6, 6.07) is 0. The minimum absolute atomic E-state index is 0.0198. The fourth-order valence-electron chi connectivity index (χ4n) is 9.02. The van der Waals surface area contributed by atoms with Crippen LogP contribution >= 0.6 is 0 Å². The molecular weight excluding hydrogens is 372 g/mol. The molecule has 1 heterocycles. The Morgan fingerprint density at radius 2 is 1.80 bits per heavy atom. The zero-order valence-electron chi connectivity index (χ0n) is 19.4. The number of hydrogen-bond donors (Lipinski definition) is 0. The van der Waals surface area contributed by atoms with E-state index >= 15 is 0 Å². The van der Waals surface area contributed by atoms with Crippen LogP contribution in [0, 0.1) is 52.3 Å². The highest BCUT2D eigenvalue weighted by Crippen LogP contribution is 2.67. The van der Waals surface area contributed by atoms with E-state index in [0.29, 0.717) is 29.0 Å². The third-order valence-corrected chi connectivity index (χ3v) is 10.9. The Labute approximate surface area is 182 Å². The van der Waals surface area contributed by atoms with Crippen molar-refractivity contribution in [3.8, 4) is 0 Å². The first kappa shape index (κ1) is 20.8. The summed E-state index contributed by atoms with van der Waals surface area (Å²) in [5, 5.41) is 0. The summed E-state index contributed by atoms with van der Waals surface area (Å²) < 4.78 is 5.92. The molecule has 4 fully saturated rings. The summed E-state index contributed by atoms with van der Waals surface area (Å²) in [6.07, 6.45) is 14.9. The molecule has 1 aliphatic heterocycles. The van der Waals surface area contributed by atoms with Gasteiger partial charge in [0.25, 0.3) is 0 Å². The number of carbonyl (C=O) groups excluding carboxylic acids is 2. The lowest BCUT2D eigenvalue weighted by Gasteiger charge is -2.59. The van der Waals surface area contributed by atoms with Crippen LogP contribution in [0.1, 0.15) is 85.5 Å². The first-order valence-corrected chi connectivity index (χ1v) is 12.7. The van der Waals surface area contributed by atoms with Crippen molar-refractivity contribution in [3.63, 3.8) is 0 Å². The molecule has 5 rings (SSSR count). The van der Waals surface area contributed by atoms with E-state index in [1.54, 1.807) is 0 Å². The van der Waals surface area contributed by atoms with Crippen LogP contribution in [0.4, 0.5) is 0 Å². The van der Waals surface area contributed by atoms with Crippen molar-refractivity contribution in [2.24, 2.45) is 52.3 Å². The zero-order chi connectivity index (χ0) is 21.3. The Balaban J connectivity index is 1.36. The van der Waals surface area contributed by atoms with Gasteiger partial charge in [0.05, 0.1) is 5.92 Å². The molecule has 0 unspecified atom stereocenters. The number of carbonyl (C=O) groups is 2. The van der Waals surface area contributed by atoms with Gasteiger partial charge < -0.3 is 4.74 Å². The van der Waals surface area contributed by atoms with Crippen molar-refractivity contribution >= 4 is 11.8 Å². The van der Waals surface area contributed by atoms with Crippen LogP contribution < -0.4 is 0 Å². The Kier molecular flexibility index (Phi) is 4.99. The number of rotatable bonds is 2. The van der Waals surface area contributed by atoms with Crippen molar-refractivity contribution in [3.05, 3.63) is 12.2 Å². The van der Waals surface area contributed by atoms with Gasteiger partial charge in [0, 0.05) is 6.42 Å². The molecule has 0 aromatic rings. The van der Waals surface area contributed by atoms with Gasteiger partial charge in [0.1, 0.15) is 6.10 Å². The molecule has 0 aromatic carbocycles. The maximum absolute atomic E-state index is 12.2. The number of hydrogen-bond acceptors (Lipinski definition) is 3. The molecule has 5 aliphatic rings. The Morgan fingerprint density at radius 1 is 1.00 bits per heavy atom. The lowest BCUT2D eigenvalue weighted by atomic mass is 9.45. The predicted molar refractivity (Wildman–Crippen MR) is 118 cm³/mol. The van der Waals surface area contributed by atoms with E-state index in [1.807, 2.05) is 13.0 Å². The molecule has 0 aromatic heterocycles. The molecule has 10 atom stereocenters. The second kappa shape index (κ2) is 7.20. The van der Waals surface area contributed by atoms with Crippen molar-refractivity contribution in [1.82, 2.24) is 0 Å². The van der Waals surface area contributed by atoms with Crippen molar-refractivity contribution in [2.45, 2.75) is 91.6 Å². The highest BCUT2D eigenvalue weighted by molar-refractivity contribution is 5.91. The van der Waals surface area contributed by atoms with E-state index in [0.717, 1.165) is 37.0 Å². The van der Waals surface area contributed by atoms with Gasteiger partial charge in [-0.2, -0.15) is 0 Å². The maximum atomic E-state index is 12.2. The lowest BCUT2D eigenvalue weighted by Crippen LogP contribution is -2.53. The predicted octanol–water partition coefficient (Wildman–Crippen LogP) is 5.97. The van der Waals surface area contributed by atoms with E-state index in [-0.39, 0.29) is 23.4 Å². The fourth-order valence-corrected chi connectivity index (χ4v) is 9.02. The van der Waals surface area contributed by atoms with Crippen LogP contribution in [0.3, 0.4) is 0 Å². The first-order valence-electron chi connectivity index (χ1n) is 12.7. The molecule has 0 bridgehead atoms. The second-order valence-electron chi connectivity index (χ2n) is 12.1.